The highest BCUT2D eigenvalue weighted by atomic mass is 16.5. The molecule has 32 heavy (non-hydrogen) atoms. The molecule has 1 aliphatic carbocycles. The van der Waals surface area contributed by atoms with Gasteiger partial charge in [0.1, 0.15) is 28.9 Å². The van der Waals surface area contributed by atoms with E-state index >= 15 is 0 Å². The number of carbonyl (C=O) groups is 1. The van der Waals surface area contributed by atoms with Gasteiger partial charge in [-0.1, -0.05) is 36.4 Å². The molecular weight excluding hydrogens is 406 g/mol. The summed E-state index contributed by atoms with van der Waals surface area (Å²) in [5.41, 5.74) is 14.6. The number of nitrogen functional groups attached to an aromatic ring is 1. The van der Waals surface area contributed by atoms with E-state index < -0.39 is 12.0 Å². The third-order valence-corrected chi connectivity index (χ3v) is 5.85. The first-order valence-electron chi connectivity index (χ1n) is 10.6. The van der Waals surface area contributed by atoms with Gasteiger partial charge in [0.25, 0.3) is 5.91 Å². The molecule has 2 aromatic carbocycles. The summed E-state index contributed by atoms with van der Waals surface area (Å²) in [6, 6.07) is 16.5. The molecule has 0 radical (unpaired) electrons. The van der Waals surface area contributed by atoms with Gasteiger partial charge < -0.3 is 21.3 Å². The summed E-state index contributed by atoms with van der Waals surface area (Å²) in [6.45, 7) is 0.383. The molecule has 5 N–H and O–H groups in total. The van der Waals surface area contributed by atoms with Crippen LogP contribution in [0.4, 0.5) is 5.82 Å². The first-order valence-corrected chi connectivity index (χ1v) is 10.6. The minimum absolute atomic E-state index is 0.199. The summed E-state index contributed by atoms with van der Waals surface area (Å²) >= 11 is 0. The van der Waals surface area contributed by atoms with Crippen LogP contribution in [0.15, 0.2) is 48.5 Å². The van der Waals surface area contributed by atoms with Crippen molar-refractivity contribution in [3.05, 3.63) is 65.2 Å². The average Bonchev–Trinajstić information content (AvgIpc) is 3.36. The molecule has 1 heterocycles. The number of nitrogens with zero attached hydrogens (tertiary/aromatic N) is 3. The molecule has 3 aromatic rings. The lowest BCUT2D eigenvalue weighted by Crippen LogP contribution is -2.21. The van der Waals surface area contributed by atoms with E-state index in [1.807, 2.05) is 24.3 Å². The van der Waals surface area contributed by atoms with E-state index in [9.17, 15) is 15.2 Å². The Balaban J connectivity index is 1.47. The van der Waals surface area contributed by atoms with Crippen molar-refractivity contribution in [1.82, 2.24) is 9.78 Å². The van der Waals surface area contributed by atoms with Crippen molar-refractivity contribution in [2.24, 2.45) is 5.73 Å². The van der Waals surface area contributed by atoms with Crippen LogP contribution in [0.3, 0.4) is 0 Å². The summed E-state index contributed by atoms with van der Waals surface area (Å²) in [4.78, 5) is 11.5. The lowest BCUT2D eigenvalue weighted by molar-refractivity contribution is 0.0996. The molecule has 4 rings (SSSR count). The van der Waals surface area contributed by atoms with Crippen LogP contribution in [0.1, 0.15) is 46.8 Å². The van der Waals surface area contributed by atoms with Crippen molar-refractivity contribution in [2.75, 3.05) is 12.3 Å². The lowest BCUT2D eigenvalue weighted by Gasteiger charge is -2.16. The van der Waals surface area contributed by atoms with E-state index in [-0.39, 0.29) is 6.04 Å². The van der Waals surface area contributed by atoms with Gasteiger partial charge in [-0.2, -0.15) is 10.4 Å². The molecule has 1 aromatic heterocycles. The summed E-state index contributed by atoms with van der Waals surface area (Å²) in [5, 5.41) is 24.4. The molecule has 1 fully saturated rings. The Morgan fingerprint density at radius 3 is 2.62 bits per heavy atom. The van der Waals surface area contributed by atoms with E-state index in [1.165, 1.54) is 0 Å². The second-order valence-corrected chi connectivity index (χ2v) is 7.89. The molecule has 0 bridgehead atoms. The number of primary amides is 1. The number of aromatic nitrogens is 2. The van der Waals surface area contributed by atoms with Gasteiger partial charge in [-0.3, -0.25) is 4.79 Å². The molecule has 8 nitrogen and oxygen atoms in total. The van der Waals surface area contributed by atoms with Crippen molar-refractivity contribution in [1.29, 1.82) is 5.26 Å². The molecule has 8 heteroatoms. The average molecular weight is 431 g/mol. The summed E-state index contributed by atoms with van der Waals surface area (Å²) in [7, 11) is 0. The van der Waals surface area contributed by atoms with E-state index in [4.69, 9.17) is 16.2 Å². The smallest absolute Gasteiger partial charge is 0.252 e. The second-order valence-electron chi connectivity index (χ2n) is 7.89. The fourth-order valence-corrected chi connectivity index (χ4v) is 4.12. The van der Waals surface area contributed by atoms with E-state index in [0.717, 1.165) is 24.0 Å². The number of amides is 1. The predicted octanol–water partition coefficient (Wildman–Crippen LogP) is 2.81. The Morgan fingerprint density at radius 1 is 1.22 bits per heavy atom. The number of nitrogens with two attached hydrogens (primary N) is 2. The first-order chi connectivity index (χ1) is 15.5. The number of anilines is 1. The number of hydrogen-bond acceptors (Lipinski definition) is 6. The standard InChI is InChI=1S/C24H25N5O3/c25-14-18-22(28-29(23(18)26)19-5-3-6-20(19)30)16-10-8-15(9-11-16)12-13-32-21-7-2-1-4-17(21)24(27)31/h1-2,4,7-11,19-20,30H,3,5-6,12-13,26H2,(H2,27,31)/t19-,20-/m1/s1. The van der Waals surface area contributed by atoms with Crippen LogP contribution in [0, 0.1) is 11.3 Å². The zero-order valence-corrected chi connectivity index (χ0v) is 17.6. The maximum Gasteiger partial charge on any atom is 0.252 e. The molecule has 0 unspecified atom stereocenters. The fourth-order valence-electron chi connectivity index (χ4n) is 4.12. The van der Waals surface area contributed by atoms with Gasteiger partial charge in [-0.15, -0.1) is 0 Å². The van der Waals surface area contributed by atoms with Crippen molar-refractivity contribution in [3.8, 4) is 23.1 Å². The molecule has 0 spiro atoms. The summed E-state index contributed by atoms with van der Waals surface area (Å²) in [6.07, 6.45) is 2.53. The number of benzene rings is 2. The van der Waals surface area contributed by atoms with Gasteiger partial charge in [0, 0.05) is 12.0 Å². The number of nitriles is 1. The zero-order valence-electron chi connectivity index (χ0n) is 17.6. The highest BCUT2D eigenvalue weighted by molar-refractivity contribution is 5.95. The van der Waals surface area contributed by atoms with Crippen molar-refractivity contribution < 1.29 is 14.6 Å². The van der Waals surface area contributed by atoms with Gasteiger partial charge in [-0.25, -0.2) is 4.68 Å². The molecule has 2 atom stereocenters. The number of ether oxygens (including phenoxy) is 1. The zero-order chi connectivity index (χ0) is 22.7. The number of para-hydroxylation sites is 1. The summed E-state index contributed by atoms with van der Waals surface area (Å²) < 4.78 is 7.34. The largest absolute Gasteiger partial charge is 0.492 e. The Hall–Kier alpha value is -3.83. The molecule has 1 saturated carbocycles. The van der Waals surface area contributed by atoms with Crippen LogP contribution in [-0.2, 0) is 6.42 Å². The normalized spacial score (nSPS) is 17.8. The third-order valence-electron chi connectivity index (χ3n) is 5.85. The highest BCUT2D eigenvalue weighted by Gasteiger charge is 2.31. The van der Waals surface area contributed by atoms with Gasteiger partial charge >= 0.3 is 0 Å². The van der Waals surface area contributed by atoms with Crippen molar-refractivity contribution in [3.63, 3.8) is 0 Å². The number of aliphatic hydroxyl groups excluding tert-OH is 1. The Morgan fingerprint density at radius 2 is 1.97 bits per heavy atom. The minimum Gasteiger partial charge on any atom is -0.492 e. The van der Waals surface area contributed by atoms with Gasteiger partial charge in [-0.05, 0) is 37.0 Å². The van der Waals surface area contributed by atoms with Gasteiger partial charge in [0.15, 0.2) is 0 Å². The van der Waals surface area contributed by atoms with Crippen molar-refractivity contribution in [2.45, 2.75) is 37.8 Å². The van der Waals surface area contributed by atoms with Crippen LogP contribution in [-0.4, -0.2) is 33.5 Å². The van der Waals surface area contributed by atoms with Crippen LogP contribution in [0.2, 0.25) is 0 Å². The van der Waals surface area contributed by atoms with E-state index in [1.54, 1.807) is 28.9 Å². The van der Waals surface area contributed by atoms with Gasteiger partial charge in [0.05, 0.1) is 24.3 Å². The molecule has 164 valence electrons. The SMILES string of the molecule is N#Cc1c(-c2ccc(CCOc3ccccc3C(N)=O)cc2)nn([C@@H]2CCC[C@H]2O)c1N. The maximum atomic E-state index is 11.5. The van der Waals surface area contributed by atoms with Crippen LogP contribution < -0.4 is 16.2 Å². The molecule has 1 amide bonds. The second kappa shape index (κ2) is 9.12. The van der Waals surface area contributed by atoms with Crippen LogP contribution in [0.25, 0.3) is 11.3 Å². The van der Waals surface area contributed by atoms with Crippen LogP contribution in [0.5, 0.6) is 5.75 Å². The lowest BCUT2D eigenvalue weighted by atomic mass is 10.0. The van der Waals surface area contributed by atoms with Gasteiger partial charge in [0.2, 0.25) is 0 Å². The minimum atomic E-state index is -0.526. The Labute approximate surface area is 186 Å². The Kier molecular flexibility index (Phi) is 6.10. The van der Waals surface area contributed by atoms with E-state index in [2.05, 4.69) is 11.2 Å². The predicted molar refractivity (Wildman–Crippen MR) is 120 cm³/mol. The third kappa shape index (κ3) is 4.15. The first kappa shape index (κ1) is 21.4. The quantitative estimate of drug-likeness (QED) is 0.525. The topological polar surface area (TPSA) is 140 Å². The molecule has 0 aliphatic heterocycles. The van der Waals surface area contributed by atoms with E-state index in [0.29, 0.717) is 47.8 Å². The summed E-state index contributed by atoms with van der Waals surface area (Å²) in [5.74, 6) is 0.228. The van der Waals surface area contributed by atoms with Crippen molar-refractivity contribution >= 4 is 11.7 Å². The number of hydrogen-bond donors (Lipinski definition) is 3. The monoisotopic (exact) mass is 431 g/mol. The highest BCUT2D eigenvalue weighted by Crippen LogP contribution is 2.35. The Bertz CT molecular complexity index is 1160. The number of aliphatic hydroxyl groups is 1. The molecule has 0 saturated heterocycles. The molecule has 1 aliphatic rings. The number of carbonyl (C=O) groups excluding carboxylic acids is 1. The van der Waals surface area contributed by atoms with Crippen LogP contribution >= 0.6 is 0 Å². The maximum absolute atomic E-state index is 11.5. The number of rotatable bonds is 7. The molecular formula is C24H25N5O3. The fraction of sp³-hybridized carbons (Fsp3) is 0.292.